The second kappa shape index (κ2) is 4.12. The summed E-state index contributed by atoms with van der Waals surface area (Å²) in [4.78, 5) is 2.30. The maximum atomic E-state index is 13.5. The molecule has 1 atom stereocenters. The third-order valence-corrected chi connectivity index (χ3v) is 3.71. The highest BCUT2D eigenvalue weighted by Crippen LogP contribution is 2.31. The smallest absolute Gasteiger partial charge is 0.139 e. The Kier molecular flexibility index (Phi) is 3.01. The number of aryl methyl sites for hydroxylation is 1. The van der Waals surface area contributed by atoms with Gasteiger partial charge in [0.15, 0.2) is 0 Å². The molecule has 0 N–H and O–H groups in total. The highest BCUT2D eigenvalue weighted by Gasteiger charge is 2.22. The normalized spacial score (nSPS) is 21.1. The first-order valence-electron chi connectivity index (χ1n) is 5.32. The lowest BCUT2D eigenvalue weighted by Crippen LogP contribution is -2.27. The zero-order valence-corrected chi connectivity index (χ0v) is 10.6. The highest BCUT2D eigenvalue weighted by atomic mass is 79.9. The summed E-state index contributed by atoms with van der Waals surface area (Å²) in [6.45, 7) is 5.28. The molecule has 1 aromatic carbocycles. The van der Waals surface area contributed by atoms with Crippen LogP contribution in [0.5, 0.6) is 0 Å². The zero-order chi connectivity index (χ0) is 11.0. The Bertz CT molecular complexity index is 378. The Labute approximate surface area is 98.4 Å². The van der Waals surface area contributed by atoms with Gasteiger partial charge in [0.25, 0.3) is 0 Å². The molecule has 1 heterocycles. The zero-order valence-electron chi connectivity index (χ0n) is 9.06. The van der Waals surface area contributed by atoms with E-state index in [4.69, 9.17) is 0 Å². The summed E-state index contributed by atoms with van der Waals surface area (Å²) in [7, 11) is 0. The van der Waals surface area contributed by atoms with Gasteiger partial charge in [-0.25, -0.2) is 4.39 Å². The molecule has 0 amide bonds. The van der Waals surface area contributed by atoms with Gasteiger partial charge in [-0.3, -0.25) is 0 Å². The van der Waals surface area contributed by atoms with Crippen molar-refractivity contribution in [2.45, 2.75) is 32.7 Å². The first-order chi connectivity index (χ1) is 7.09. The van der Waals surface area contributed by atoms with Crippen LogP contribution in [0.3, 0.4) is 0 Å². The van der Waals surface area contributed by atoms with Crippen LogP contribution in [0, 0.1) is 12.7 Å². The molecule has 1 aromatic rings. The van der Waals surface area contributed by atoms with Crippen molar-refractivity contribution in [3.05, 3.63) is 28.0 Å². The summed E-state index contributed by atoms with van der Waals surface area (Å²) in [5.74, 6) is -0.172. The van der Waals surface area contributed by atoms with E-state index in [1.54, 1.807) is 6.07 Å². The molecule has 0 aromatic heterocycles. The van der Waals surface area contributed by atoms with Crippen molar-refractivity contribution >= 4 is 21.6 Å². The lowest BCUT2D eigenvalue weighted by atomic mass is 10.1. The Hall–Kier alpha value is -0.570. The largest absolute Gasteiger partial charge is 0.369 e. The third kappa shape index (κ3) is 2.03. The summed E-state index contributed by atoms with van der Waals surface area (Å²) in [5, 5.41) is 0. The summed E-state index contributed by atoms with van der Waals surface area (Å²) in [5.41, 5.74) is 2.18. The molecule has 0 radical (unpaired) electrons. The van der Waals surface area contributed by atoms with E-state index < -0.39 is 0 Å². The fraction of sp³-hybridized carbons (Fsp3) is 0.500. The molecule has 2 rings (SSSR count). The van der Waals surface area contributed by atoms with E-state index >= 15 is 0 Å². The van der Waals surface area contributed by atoms with Crippen molar-refractivity contribution in [3.8, 4) is 0 Å². The molecule has 1 aliphatic heterocycles. The van der Waals surface area contributed by atoms with E-state index in [0.29, 0.717) is 10.5 Å². The van der Waals surface area contributed by atoms with Gasteiger partial charge in [-0.15, -0.1) is 0 Å². The van der Waals surface area contributed by atoms with Crippen LogP contribution in [0.1, 0.15) is 25.3 Å². The molecule has 0 spiro atoms. The van der Waals surface area contributed by atoms with Crippen molar-refractivity contribution in [2.24, 2.45) is 0 Å². The standard InChI is InChI=1S/C12H15BrFN/c1-8-6-10(13)11(14)7-12(8)15-5-3-4-9(15)2/h6-7,9H,3-5H2,1-2H3. The van der Waals surface area contributed by atoms with Crippen LogP contribution in [0.15, 0.2) is 16.6 Å². The minimum absolute atomic E-state index is 0.172. The highest BCUT2D eigenvalue weighted by molar-refractivity contribution is 9.10. The van der Waals surface area contributed by atoms with Gasteiger partial charge in [0.1, 0.15) is 5.82 Å². The minimum Gasteiger partial charge on any atom is -0.369 e. The number of halogens is 2. The molecule has 1 nitrogen and oxygen atoms in total. The van der Waals surface area contributed by atoms with Crippen molar-refractivity contribution in [1.82, 2.24) is 0 Å². The van der Waals surface area contributed by atoms with Crippen LogP contribution < -0.4 is 4.90 Å². The summed E-state index contributed by atoms with van der Waals surface area (Å²) in [6, 6.07) is 4.03. The first kappa shape index (κ1) is 10.9. The van der Waals surface area contributed by atoms with Gasteiger partial charge < -0.3 is 4.90 Å². The molecular formula is C12H15BrFN. The number of hydrogen-bond acceptors (Lipinski definition) is 1. The van der Waals surface area contributed by atoms with Crippen LogP contribution in [0.25, 0.3) is 0 Å². The Balaban J connectivity index is 2.39. The molecule has 1 aliphatic rings. The maximum absolute atomic E-state index is 13.5. The Morgan fingerprint density at radius 1 is 1.47 bits per heavy atom. The van der Waals surface area contributed by atoms with E-state index in [1.807, 2.05) is 13.0 Å². The average Bonchev–Trinajstić information content (AvgIpc) is 2.58. The van der Waals surface area contributed by atoms with Crippen LogP contribution in [-0.2, 0) is 0 Å². The fourth-order valence-electron chi connectivity index (χ4n) is 2.24. The third-order valence-electron chi connectivity index (χ3n) is 3.10. The van der Waals surface area contributed by atoms with E-state index in [9.17, 15) is 4.39 Å². The van der Waals surface area contributed by atoms with Gasteiger partial charge in [0.05, 0.1) is 4.47 Å². The quantitative estimate of drug-likeness (QED) is 0.749. The van der Waals surface area contributed by atoms with Crippen LogP contribution in [0.4, 0.5) is 10.1 Å². The Morgan fingerprint density at radius 3 is 2.80 bits per heavy atom. The second-order valence-electron chi connectivity index (χ2n) is 4.24. The topological polar surface area (TPSA) is 3.24 Å². The van der Waals surface area contributed by atoms with Crippen molar-refractivity contribution < 1.29 is 4.39 Å². The van der Waals surface area contributed by atoms with Gasteiger partial charge in [-0.05, 0) is 60.3 Å². The number of rotatable bonds is 1. The van der Waals surface area contributed by atoms with Crippen molar-refractivity contribution in [1.29, 1.82) is 0 Å². The number of nitrogens with zero attached hydrogens (tertiary/aromatic N) is 1. The van der Waals surface area contributed by atoms with E-state index in [2.05, 4.69) is 27.8 Å². The van der Waals surface area contributed by atoms with E-state index in [0.717, 1.165) is 17.8 Å². The summed E-state index contributed by atoms with van der Waals surface area (Å²) in [6.07, 6.45) is 2.41. The lowest BCUT2D eigenvalue weighted by Gasteiger charge is -2.25. The molecule has 0 saturated carbocycles. The lowest BCUT2D eigenvalue weighted by molar-refractivity contribution is 0.618. The maximum Gasteiger partial charge on any atom is 0.139 e. The molecule has 0 bridgehead atoms. The minimum atomic E-state index is -0.172. The second-order valence-corrected chi connectivity index (χ2v) is 5.09. The van der Waals surface area contributed by atoms with Crippen molar-refractivity contribution in [2.75, 3.05) is 11.4 Å². The van der Waals surface area contributed by atoms with Crippen LogP contribution >= 0.6 is 15.9 Å². The van der Waals surface area contributed by atoms with Crippen molar-refractivity contribution in [3.63, 3.8) is 0 Å². The molecule has 15 heavy (non-hydrogen) atoms. The van der Waals surface area contributed by atoms with Crippen LogP contribution in [0.2, 0.25) is 0 Å². The molecular weight excluding hydrogens is 257 g/mol. The number of hydrogen-bond donors (Lipinski definition) is 0. The van der Waals surface area contributed by atoms with Gasteiger partial charge in [0, 0.05) is 18.3 Å². The summed E-state index contributed by atoms with van der Waals surface area (Å²) >= 11 is 3.21. The van der Waals surface area contributed by atoms with Gasteiger partial charge >= 0.3 is 0 Å². The fourth-order valence-corrected chi connectivity index (χ4v) is 2.69. The SMILES string of the molecule is Cc1cc(Br)c(F)cc1N1CCCC1C. The van der Waals surface area contributed by atoms with E-state index in [-0.39, 0.29) is 5.82 Å². The van der Waals surface area contributed by atoms with Crippen LogP contribution in [-0.4, -0.2) is 12.6 Å². The monoisotopic (exact) mass is 271 g/mol. The number of benzene rings is 1. The first-order valence-corrected chi connectivity index (χ1v) is 6.11. The average molecular weight is 272 g/mol. The predicted octanol–water partition coefficient (Wildman–Crippen LogP) is 3.89. The number of anilines is 1. The molecule has 0 aliphatic carbocycles. The Morgan fingerprint density at radius 2 is 2.20 bits per heavy atom. The molecule has 1 fully saturated rings. The van der Waals surface area contributed by atoms with Gasteiger partial charge in [0.2, 0.25) is 0 Å². The molecule has 1 unspecified atom stereocenters. The molecule has 3 heteroatoms. The molecule has 1 saturated heterocycles. The molecule has 82 valence electrons. The van der Waals surface area contributed by atoms with Gasteiger partial charge in [-0.2, -0.15) is 0 Å². The predicted molar refractivity (Wildman–Crippen MR) is 64.9 cm³/mol. The van der Waals surface area contributed by atoms with Gasteiger partial charge in [-0.1, -0.05) is 0 Å². The van der Waals surface area contributed by atoms with E-state index in [1.165, 1.54) is 12.8 Å². The summed E-state index contributed by atoms with van der Waals surface area (Å²) < 4.78 is 14.0.